The number of anilines is 1. The zero-order chi connectivity index (χ0) is 10.7. The van der Waals surface area contributed by atoms with Crippen LogP contribution in [-0.2, 0) is 0 Å². The predicted molar refractivity (Wildman–Crippen MR) is 61.6 cm³/mol. The van der Waals surface area contributed by atoms with E-state index in [-0.39, 0.29) is 0 Å². The monoisotopic (exact) mass is 200 g/mol. The molecule has 0 amide bonds. The van der Waals surface area contributed by atoms with Gasteiger partial charge < -0.3 is 5.32 Å². The first-order valence-electron chi connectivity index (χ1n) is 5.55. The van der Waals surface area contributed by atoms with E-state index in [1.165, 1.54) is 19.3 Å². The molecule has 1 saturated carbocycles. The third kappa shape index (κ3) is 2.30. The quantitative estimate of drug-likeness (QED) is 0.796. The van der Waals surface area contributed by atoms with Crippen LogP contribution in [0.3, 0.4) is 0 Å². The summed E-state index contributed by atoms with van der Waals surface area (Å²) in [7, 11) is 0. The molecule has 78 valence electrons. The molecular formula is C13H16N2. The van der Waals surface area contributed by atoms with Gasteiger partial charge in [-0.1, -0.05) is 19.1 Å². The Kier molecular flexibility index (Phi) is 2.91. The van der Waals surface area contributed by atoms with Crippen molar-refractivity contribution in [3.05, 3.63) is 29.8 Å². The summed E-state index contributed by atoms with van der Waals surface area (Å²) in [5.41, 5.74) is 1.73. The Labute approximate surface area is 90.9 Å². The van der Waals surface area contributed by atoms with Crippen LogP contribution in [0, 0.1) is 17.2 Å². The summed E-state index contributed by atoms with van der Waals surface area (Å²) in [5, 5.41) is 12.4. The van der Waals surface area contributed by atoms with Crippen molar-refractivity contribution in [2.24, 2.45) is 5.92 Å². The maximum atomic E-state index is 8.95. The summed E-state index contributed by atoms with van der Waals surface area (Å²) < 4.78 is 0. The van der Waals surface area contributed by atoms with E-state index in [4.69, 9.17) is 5.26 Å². The minimum Gasteiger partial charge on any atom is -0.381 e. The van der Waals surface area contributed by atoms with Gasteiger partial charge in [-0.15, -0.1) is 0 Å². The largest absolute Gasteiger partial charge is 0.381 e. The summed E-state index contributed by atoms with van der Waals surface area (Å²) >= 11 is 0. The first kappa shape index (κ1) is 10.0. The second kappa shape index (κ2) is 4.35. The maximum absolute atomic E-state index is 8.95. The number of nitrogens with zero attached hydrogens (tertiary/aromatic N) is 1. The highest BCUT2D eigenvalue weighted by Crippen LogP contribution is 2.28. The highest BCUT2D eigenvalue weighted by molar-refractivity contribution is 5.57. The summed E-state index contributed by atoms with van der Waals surface area (Å²) in [5.74, 6) is 0.816. The number of benzene rings is 1. The highest BCUT2D eigenvalue weighted by atomic mass is 14.9. The molecule has 1 N–H and O–H groups in total. The molecule has 2 unspecified atom stereocenters. The highest BCUT2D eigenvalue weighted by Gasteiger charge is 2.21. The van der Waals surface area contributed by atoms with E-state index in [1.54, 1.807) is 0 Å². The van der Waals surface area contributed by atoms with Crippen molar-refractivity contribution >= 4 is 5.69 Å². The van der Waals surface area contributed by atoms with Crippen LogP contribution < -0.4 is 5.32 Å². The van der Waals surface area contributed by atoms with E-state index in [1.807, 2.05) is 24.3 Å². The van der Waals surface area contributed by atoms with Gasteiger partial charge in [-0.25, -0.2) is 0 Å². The third-order valence-electron chi connectivity index (χ3n) is 3.10. The van der Waals surface area contributed by atoms with Crippen LogP contribution in [0.2, 0.25) is 0 Å². The van der Waals surface area contributed by atoms with Crippen molar-refractivity contribution in [3.8, 4) is 6.07 Å². The Morgan fingerprint density at radius 1 is 1.33 bits per heavy atom. The Balaban J connectivity index is 2.08. The summed E-state index contributed by atoms with van der Waals surface area (Å²) in [6.45, 7) is 2.29. The van der Waals surface area contributed by atoms with Crippen LogP contribution in [-0.4, -0.2) is 6.04 Å². The number of rotatable bonds is 2. The Hall–Kier alpha value is -1.49. The summed E-state index contributed by atoms with van der Waals surface area (Å²) in [6, 6.07) is 10.5. The molecule has 2 heteroatoms. The fourth-order valence-electron chi connectivity index (χ4n) is 2.26. The predicted octanol–water partition coefficient (Wildman–Crippen LogP) is 3.16. The molecule has 1 aromatic carbocycles. The number of nitriles is 1. The van der Waals surface area contributed by atoms with E-state index in [2.05, 4.69) is 18.3 Å². The third-order valence-corrected chi connectivity index (χ3v) is 3.10. The molecular weight excluding hydrogens is 184 g/mol. The second-order valence-corrected chi connectivity index (χ2v) is 4.42. The van der Waals surface area contributed by atoms with Crippen molar-refractivity contribution in [2.75, 3.05) is 5.32 Å². The molecule has 2 atom stereocenters. The number of nitrogens with one attached hydrogen (secondary N) is 1. The van der Waals surface area contributed by atoms with Gasteiger partial charge in [-0.05, 0) is 37.3 Å². The first-order chi connectivity index (χ1) is 7.29. The molecule has 15 heavy (non-hydrogen) atoms. The molecule has 0 radical (unpaired) electrons. The standard InChI is InChI=1S/C13H16N2/c1-10-6-7-12(8-10)15-13-5-3-2-4-11(13)9-14/h2-5,10,12,15H,6-8H2,1H3. The molecule has 0 heterocycles. The van der Waals surface area contributed by atoms with Crippen LogP contribution in [0.1, 0.15) is 31.7 Å². The summed E-state index contributed by atoms with van der Waals surface area (Å²) in [6.07, 6.45) is 3.74. The van der Waals surface area contributed by atoms with Gasteiger partial charge in [0.15, 0.2) is 0 Å². The summed E-state index contributed by atoms with van der Waals surface area (Å²) in [4.78, 5) is 0. The molecule has 0 aromatic heterocycles. The zero-order valence-electron chi connectivity index (χ0n) is 9.03. The van der Waals surface area contributed by atoms with Gasteiger partial charge in [0, 0.05) is 6.04 Å². The van der Waals surface area contributed by atoms with E-state index >= 15 is 0 Å². The lowest BCUT2D eigenvalue weighted by molar-refractivity contribution is 0.602. The number of hydrogen-bond acceptors (Lipinski definition) is 2. The van der Waals surface area contributed by atoms with E-state index in [9.17, 15) is 0 Å². The second-order valence-electron chi connectivity index (χ2n) is 4.42. The fourth-order valence-corrected chi connectivity index (χ4v) is 2.26. The maximum Gasteiger partial charge on any atom is 0.101 e. The first-order valence-corrected chi connectivity index (χ1v) is 5.55. The van der Waals surface area contributed by atoms with Gasteiger partial charge in [0.2, 0.25) is 0 Å². The Morgan fingerprint density at radius 3 is 2.80 bits per heavy atom. The van der Waals surface area contributed by atoms with Gasteiger partial charge in [0.25, 0.3) is 0 Å². The van der Waals surface area contributed by atoms with Crippen molar-refractivity contribution in [2.45, 2.75) is 32.2 Å². The molecule has 1 fully saturated rings. The van der Waals surface area contributed by atoms with E-state index < -0.39 is 0 Å². The minimum atomic E-state index is 0.550. The molecule has 1 aliphatic carbocycles. The molecule has 0 spiro atoms. The topological polar surface area (TPSA) is 35.8 Å². The molecule has 0 bridgehead atoms. The SMILES string of the molecule is CC1CCC(Nc2ccccc2C#N)C1. The van der Waals surface area contributed by atoms with E-state index in [0.717, 1.165) is 17.2 Å². The molecule has 2 rings (SSSR count). The fraction of sp³-hybridized carbons (Fsp3) is 0.462. The lowest BCUT2D eigenvalue weighted by Gasteiger charge is -2.14. The molecule has 1 aliphatic rings. The average Bonchev–Trinajstić information content (AvgIpc) is 2.65. The number of para-hydroxylation sites is 1. The molecule has 0 saturated heterocycles. The van der Waals surface area contributed by atoms with Crippen LogP contribution in [0.15, 0.2) is 24.3 Å². The van der Waals surface area contributed by atoms with Crippen molar-refractivity contribution in [3.63, 3.8) is 0 Å². The van der Waals surface area contributed by atoms with Crippen LogP contribution in [0.25, 0.3) is 0 Å². The smallest absolute Gasteiger partial charge is 0.101 e. The van der Waals surface area contributed by atoms with Crippen LogP contribution >= 0.6 is 0 Å². The van der Waals surface area contributed by atoms with Gasteiger partial charge in [0.1, 0.15) is 6.07 Å². The van der Waals surface area contributed by atoms with Gasteiger partial charge in [0.05, 0.1) is 11.3 Å². The van der Waals surface area contributed by atoms with Crippen molar-refractivity contribution < 1.29 is 0 Å². The molecule has 1 aromatic rings. The minimum absolute atomic E-state index is 0.550. The number of hydrogen-bond donors (Lipinski definition) is 1. The average molecular weight is 200 g/mol. The molecule has 0 aliphatic heterocycles. The van der Waals surface area contributed by atoms with Crippen LogP contribution in [0.4, 0.5) is 5.69 Å². The Morgan fingerprint density at radius 2 is 2.13 bits per heavy atom. The van der Waals surface area contributed by atoms with Gasteiger partial charge >= 0.3 is 0 Å². The zero-order valence-corrected chi connectivity index (χ0v) is 9.03. The van der Waals surface area contributed by atoms with Crippen molar-refractivity contribution in [1.29, 1.82) is 5.26 Å². The van der Waals surface area contributed by atoms with Gasteiger partial charge in [-0.3, -0.25) is 0 Å². The molecule has 2 nitrogen and oxygen atoms in total. The van der Waals surface area contributed by atoms with Crippen molar-refractivity contribution in [1.82, 2.24) is 0 Å². The van der Waals surface area contributed by atoms with E-state index in [0.29, 0.717) is 6.04 Å². The lowest BCUT2D eigenvalue weighted by Crippen LogP contribution is -2.15. The van der Waals surface area contributed by atoms with Gasteiger partial charge in [-0.2, -0.15) is 5.26 Å². The van der Waals surface area contributed by atoms with Crippen LogP contribution in [0.5, 0.6) is 0 Å². The lowest BCUT2D eigenvalue weighted by atomic mass is 10.1. The Bertz CT molecular complexity index is 378. The normalized spacial score (nSPS) is 24.8.